The van der Waals surface area contributed by atoms with E-state index in [0.29, 0.717) is 28.4 Å². The number of amides is 1. The summed E-state index contributed by atoms with van der Waals surface area (Å²) >= 11 is 5.98. The Balaban J connectivity index is 1.65. The van der Waals surface area contributed by atoms with Gasteiger partial charge >= 0.3 is 0 Å². The average molecular weight is 361 g/mol. The minimum absolute atomic E-state index is 0.281. The summed E-state index contributed by atoms with van der Waals surface area (Å²) in [4.78, 5) is 19.1. The van der Waals surface area contributed by atoms with Crippen molar-refractivity contribution in [2.75, 3.05) is 7.11 Å². The van der Waals surface area contributed by atoms with Crippen LogP contribution in [0.25, 0.3) is 11.0 Å². The van der Waals surface area contributed by atoms with E-state index in [1.54, 1.807) is 32.2 Å². The fourth-order valence-corrected chi connectivity index (χ4v) is 2.49. The molecule has 7 nitrogen and oxygen atoms in total. The van der Waals surface area contributed by atoms with E-state index in [0.717, 1.165) is 5.56 Å². The maximum absolute atomic E-state index is 12.3. The van der Waals surface area contributed by atoms with E-state index >= 15 is 0 Å². The molecule has 8 heteroatoms. The number of benzene rings is 2. The Morgan fingerprint density at radius 3 is 2.92 bits per heavy atom. The maximum Gasteiger partial charge on any atom is 0.263 e. The van der Waals surface area contributed by atoms with Gasteiger partial charge < -0.3 is 14.9 Å². The summed E-state index contributed by atoms with van der Waals surface area (Å²) in [6.45, 7) is 1.97. The third-order valence-electron chi connectivity index (χ3n) is 3.65. The summed E-state index contributed by atoms with van der Waals surface area (Å²) in [5, 5.41) is 11.2. The Hall–Kier alpha value is -2.80. The molecule has 0 fully saturated rings. The van der Waals surface area contributed by atoms with Crippen molar-refractivity contribution in [3.05, 3.63) is 53.1 Å². The zero-order valence-electron chi connectivity index (χ0n) is 13.8. The molecule has 0 saturated carbocycles. The van der Waals surface area contributed by atoms with Gasteiger partial charge in [0, 0.05) is 17.1 Å². The summed E-state index contributed by atoms with van der Waals surface area (Å²) in [5.74, 6) is 0.435. The van der Waals surface area contributed by atoms with Crippen molar-refractivity contribution in [1.82, 2.24) is 20.5 Å². The lowest BCUT2D eigenvalue weighted by Crippen LogP contribution is -2.39. The van der Waals surface area contributed by atoms with Crippen LogP contribution in [0.5, 0.6) is 5.75 Å². The number of rotatable bonds is 6. The zero-order valence-corrected chi connectivity index (χ0v) is 14.5. The molecule has 0 aliphatic carbocycles. The summed E-state index contributed by atoms with van der Waals surface area (Å²) in [5.41, 5.74) is 2.10. The van der Waals surface area contributed by atoms with E-state index in [4.69, 9.17) is 21.2 Å². The first-order valence-corrected chi connectivity index (χ1v) is 8.04. The number of methoxy groups -OCH3 is 1. The number of fused-ring (bicyclic) bond motifs is 1. The predicted octanol–water partition coefficient (Wildman–Crippen LogP) is 2.23. The molecule has 1 N–H and O–H groups in total. The number of hydrogen-bond acceptors (Lipinski definition) is 5. The minimum Gasteiger partial charge on any atom is -0.496 e. The first-order valence-electron chi connectivity index (χ1n) is 7.66. The van der Waals surface area contributed by atoms with Crippen LogP contribution >= 0.6 is 11.6 Å². The maximum atomic E-state index is 12.3. The number of aromatic nitrogens is 3. The van der Waals surface area contributed by atoms with E-state index in [1.165, 1.54) is 4.85 Å². The van der Waals surface area contributed by atoms with Crippen LogP contribution < -0.4 is 14.9 Å². The smallest absolute Gasteiger partial charge is 0.263 e. The van der Waals surface area contributed by atoms with Gasteiger partial charge in [0.05, 0.1) is 7.11 Å². The molecule has 0 aliphatic heterocycles. The third-order valence-corrected chi connectivity index (χ3v) is 3.89. The second-order valence-corrected chi connectivity index (χ2v) is 5.81. The molecule has 1 unspecified atom stereocenters. The topological polar surface area (TPSA) is 78.3 Å². The molecular weight excluding hydrogens is 344 g/mol. The predicted molar refractivity (Wildman–Crippen MR) is 93.4 cm³/mol. The SMILES string of the molecule is COc1ccccc1CNC(=O)C(C)On1nnc2ccc(Cl)cc21. The normalized spacial score (nSPS) is 12.0. The van der Waals surface area contributed by atoms with E-state index in [-0.39, 0.29) is 5.91 Å². The standard InChI is InChI=1S/C17H17ClN4O3/c1-11(17(23)19-10-12-5-3-4-6-16(12)24-2)25-22-15-9-13(18)7-8-14(15)20-21-22/h3-9,11H,10H2,1-2H3,(H,19,23). The highest BCUT2D eigenvalue weighted by Gasteiger charge is 2.17. The molecule has 130 valence electrons. The van der Waals surface area contributed by atoms with E-state index in [9.17, 15) is 4.79 Å². The van der Waals surface area contributed by atoms with Gasteiger partial charge in [-0.05, 0) is 36.4 Å². The van der Waals surface area contributed by atoms with Crippen molar-refractivity contribution >= 4 is 28.5 Å². The lowest BCUT2D eigenvalue weighted by molar-refractivity contribution is -0.133. The molecule has 3 aromatic rings. The fourth-order valence-electron chi connectivity index (χ4n) is 2.32. The molecule has 0 radical (unpaired) electrons. The zero-order chi connectivity index (χ0) is 17.8. The summed E-state index contributed by atoms with van der Waals surface area (Å²) in [7, 11) is 1.59. The van der Waals surface area contributed by atoms with Gasteiger partial charge in [-0.1, -0.05) is 34.6 Å². The Morgan fingerprint density at radius 1 is 1.32 bits per heavy atom. The molecule has 1 amide bonds. The van der Waals surface area contributed by atoms with Gasteiger partial charge in [0.25, 0.3) is 5.91 Å². The highest BCUT2D eigenvalue weighted by Crippen LogP contribution is 2.17. The quantitative estimate of drug-likeness (QED) is 0.729. The summed E-state index contributed by atoms with van der Waals surface area (Å²) in [6.07, 6.45) is -0.765. The van der Waals surface area contributed by atoms with Crippen molar-refractivity contribution in [1.29, 1.82) is 0 Å². The highest BCUT2D eigenvalue weighted by molar-refractivity contribution is 6.31. The molecule has 1 atom stereocenters. The van der Waals surface area contributed by atoms with E-state index in [2.05, 4.69) is 15.6 Å². The van der Waals surface area contributed by atoms with Gasteiger partial charge in [0.2, 0.25) is 6.10 Å². The summed E-state index contributed by atoms with van der Waals surface area (Å²) in [6, 6.07) is 12.6. The average Bonchev–Trinajstić information content (AvgIpc) is 3.01. The summed E-state index contributed by atoms with van der Waals surface area (Å²) < 4.78 is 5.27. The molecule has 25 heavy (non-hydrogen) atoms. The van der Waals surface area contributed by atoms with Crippen LogP contribution in [0.2, 0.25) is 5.02 Å². The Kier molecular flexibility index (Phi) is 5.04. The number of carbonyl (C=O) groups excluding carboxylic acids is 1. The van der Waals surface area contributed by atoms with Gasteiger partial charge in [0.15, 0.2) is 0 Å². The van der Waals surface area contributed by atoms with Crippen LogP contribution in [0.15, 0.2) is 42.5 Å². The van der Waals surface area contributed by atoms with Crippen LogP contribution in [-0.2, 0) is 11.3 Å². The number of nitrogens with one attached hydrogen (secondary N) is 1. The number of halogens is 1. The molecule has 0 aliphatic rings. The second kappa shape index (κ2) is 7.40. The van der Waals surface area contributed by atoms with Crippen molar-refractivity contribution < 1.29 is 14.4 Å². The lowest BCUT2D eigenvalue weighted by Gasteiger charge is -2.14. The highest BCUT2D eigenvalue weighted by atomic mass is 35.5. The molecule has 1 heterocycles. The first-order chi connectivity index (χ1) is 12.1. The Bertz CT molecular complexity index is 896. The monoisotopic (exact) mass is 360 g/mol. The van der Waals surface area contributed by atoms with Crippen molar-refractivity contribution in [2.45, 2.75) is 19.6 Å². The minimum atomic E-state index is -0.765. The van der Waals surface area contributed by atoms with Crippen LogP contribution in [0.4, 0.5) is 0 Å². The van der Waals surface area contributed by atoms with Gasteiger partial charge in [0.1, 0.15) is 16.8 Å². The number of hydrogen-bond donors (Lipinski definition) is 1. The van der Waals surface area contributed by atoms with Gasteiger partial charge in [-0.2, -0.15) is 0 Å². The molecule has 0 saturated heterocycles. The van der Waals surface area contributed by atoms with E-state index < -0.39 is 6.10 Å². The van der Waals surface area contributed by atoms with Crippen LogP contribution in [-0.4, -0.2) is 34.3 Å². The van der Waals surface area contributed by atoms with Gasteiger partial charge in [-0.15, -0.1) is 5.10 Å². The van der Waals surface area contributed by atoms with Crippen molar-refractivity contribution in [2.24, 2.45) is 0 Å². The van der Waals surface area contributed by atoms with Gasteiger partial charge in [-0.25, -0.2) is 0 Å². The third kappa shape index (κ3) is 3.83. The first kappa shape index (κ1) is 17.0. The number of nitrogens with zero attached hydrogens (tertiary/aromatic N) is 3. The molecular formula is C17H17ClN4O3. The Morgan fingerprint density at radius 2 is 2.12 bits per heavy atom. The number of para-hydroxylation sites is 1. The van der Waals surface area contributed by atoms with Crippen LogP contribution in [0.3, 0.4) is 0 Å². The fraction of sp³-hybridized carbons (Fsp3) is 0.235. The van der Waals surface area contributed by atoms with Crippen molar-refractivity contribution in [3.8, 4) is 5.75 Å². The molecule has 3 rings (SSSR count). The van der Waals surface area contributed by atoms with Crippen LogP contribution in [0, 0.1) is 0 Å². The molecule has 1 aromatic heterocycles. The number of carbonyl (C=O) groups is 1. The van der Waals surface area contributed by atoms with E-state index in [1.807, 2.05) is 24.3 Å². The Labute approximate surface area is 149 Å². The second-order valence-electron chi connectivity index (χ2n) is 5.37. The largest absolute Gasteiger partial charge is 0.496 e. The molecule has 0 spiro atoms. The molecule has 2 aromatic carbocycles. The van der Waals surface area contributed by atoms with Crippen LogP contribution in [0.1, 0.15) is 12.5 Å². The van der Waals surface area contributed by atoms with Crippen molar-refractivity contribution in [3.63, 3.8) is 0 Å². The van der Waals surface area contributed by atoms with Gasteiger partial charge in [-0.3, -0.25) is 4.79 Å². The number of ether oxygens (including phenoxy) is 1. The lowest BCUT2D eigenvalue weighted by atomic mass is 10.2. The molecule has 0 bridgehead atoms.